The first-order valence-corrected chi connectivity index (χ1v) is 10.1. The van der Waals surface area contributed by atoms with E-state index in [2.05, 4.69) is 30.4 Å². The van der Waals surface area contributed by atoms with Gasteiger partial charge in [-0.3, -0.25) is 9.69 Å². The minimum absolute atomic E-state index is 0.0188. The Morgan fingerprint density at radius 3 is 2.63 bits per heavy atom. The van der Waals surface area contributed by atoms with Gasteiger partial charge in [0.15, 0.2) is 0 Å². The van der Waals surface area contributed by atoms with Gasteiger partial charge >= 0.3 is 6.03 Å². The third-order valence-electron chi connectivity index (χ3n) is 6.52. The molecule has 1 spiro atoms. The number of amides is 3. The average molecular weight is 373 g/mol. The lowest BCUT2D eigenvalue weighted by atomic mass is 9.68. The van der Waals surface area contributed by atoms with Gasteiger partial charge in [0.1, 0.15) is 0 Å². The van der Waals surface area contributed by atoms with Crippen LogP contribution in [0, 0.1) is 5.41 Å². The molecular formula is C22H32N2O3. The van der Waals surface area contributed by atoms with Crippen molar-refractivity contribution in [3.63, 3.8) is 0 Å². The van der Waals surface area contributed by atoms with Gasteiger partial charge in [0.05, 0.1) is 12.1 Å². The van der Waals surface area contributed by atoms with E-state index >= 15 is 0 Å². The molecule has 1 aromatic carbocycles. The summed E-state index contributed by atoms with van der Waals surface area (Å²) >= 11 is 0. The predicted molar refractivity (Wildman–Crippen MR) is 106 cm³/mol. The standard InChI is InChI=1S/C22H32N2O3/c1-5-16-6-7-17-13-22(10-8-18(27-4)9-11-22)20(19(17)12-16)23-21(26)24(14-25)15(2)3/h6-7,12,14-15,18,20H,5,8-11,13H2,1-4H3,(H,23,26)/t18-,20?,22-. The molecule has 27 heavy (non-hydrogen) atoms. The number of aryl methyl sites for hydroxylation is 1. The fraction of sp³-hybridized carbons (Fsp3) is 0.636. The Balaban J connectivity index is 1.92. The summed E-state index contributed by atoms with van der Waals surface area (Å²) in [5, 5.41) is 3.23. The average Bonchev–Trinajstić information content (AvgIpc) is 2.95. The Morgan fingerprint density at radius 1 is 1.37 bits per heavy atom. The molecule has 5 nitrogen and oxygen atoms in total. The van der Waals surface area contributed by atoms with Crippen molar-refractivity contribution in [3.8, 4) is 0 Å². The van der Waals surface area contributed by atoms with Crippen LogP contribution in [0.1, 0.15) is 69.2 Å². The Labute approximate surface area is 162 Å². The molecule has 0 aliphatic heterocycles. The highest BCUT2D eigenvalue weighted by Crippen LogP contribution is 2.54. The lowest BCUT2D eigenvalue weighted by Crippen LogP contribution is -2.48. The minimum Gasteiger partial charge on any atom is -0.381 e. The van der Waals surface area contributed by atoms with E-state index < -0.39 is 0 Å². The van der Waals surface area contributed by atoms with E-state index in [-0.39, 0.29) is 23.5 Å². The van der Waals surface area contributed by atoms with E-state index in [0.717, 1.165) is 38.5 Å². The zero-order chi connectivity index (χ0) is 19.6. The Hall–Kier alpha value is -1.88. The van der Waals surface area contributed by atoms with Crippen LogP contribution in [-0.4, -0.2) is 36.6 Å². The van der Waals surface area contributed by atoms with Gasteiger partial charge in [-0.25, -0.2) is 4.79 Å². The first kappa shape index (κ1) is 19.9. The maximum Gasteiger partial charge on any atom is 0.324 e. The number of imide groups is 1. The molecule has 1 N–H and O–H groups in total. The van der Waals surface area contributed by atoms with Crippen molar-refractivity contribution in [2.45, 2.75) is 77.5 Å². The number of urea groups is 1. The highest BCUT2D eigenvalue weighted by atomic mass is 16.5. The van der Waals surface area contributed by atoms with Gasteiger partial charge in [0.2, 0.25) is 6.41 Å². The smallest absolute Gasteiger partial charge is 0.324 e. The second kappa shape index (κ2) is 8.01. The number of benzene rings is 1. The summed E-state index contributed by atoms with van der Waals surface area (Å²) in [6, 6.07) is 6.16. The second-order valence-corrected chi connectivity index (χ2v) is 8.35. The largest absolute Gasteiger partial charge is 0.381 e. The molecule has 0 radical (unpaired) electrons. The molecule has 5 heteroatoms. The summed E-state index contributed by atoms with van der Waals surface area (Å²) in [7, 11) is 1.78. The molecule has 1 unspecified atom stereocenters. The SMILES string of the molecule is CCc1ccc2c(c1)C(NC(=O)N(C=O)C(C)C)[C@]1(CC[C@H](OC)CC1)C2. The number of rotatable bonds is 5. The van der Waals surface area contributed by atoms with Gasteiger partial charge in [-0.1, -0.05) is 25.1 Å². The molecule has 2 aliphatic carbocycles. The van der Waals surface area contributed by atoms with Gasteiger partial charge in [-0.05, 0) is 74.5 Å². The van der Waals surface area contributed by atoms with Crippen LogP contribution in [0.15, 0.2) is 18.2 Å². The molecule has 3 amide bonds. The molecule has 1 aromatic rings. The number of carbonyl (C=O) groups is 2. The molecule has 3 rings (SSSR count). The maximum absolute atomic E-state index is 12.8. The fourth-order valence-electron chi connectivity index (χ4n) is 4.81. The van der Waals surface area contributed by atoms with Gasteiger partial charge in [-0.2, -0.15) is 0 Å². The summed E-state index contributed by atoms with van der Waals surface area (Å²) in [5.41, 5.74) is 3.86. The van der Waals surface area contributed by atoms with E-state index in [1.165, 1.54) is 21.6 Å². The molecular weight excluding hydrogens is 340 g/mol. The van der Waals surface area contributed by atoms with Crippen molar-refractivity contribution in [2.24, 2.45) is 5.41 Å². The number of hydrogen-bond acceptors (Lipinski definition) is 3. The van der Waals surface area contributed by atoms with Crippen molar-refractivity contribution in [2.75, 3.05) is 7.11 Å². The van der Waals surface area contributed by atoms with Gasteiger partial charge < -0.3 is 10.1 Å². The number of methoxy groups -OCH3 is 1. The van der Waals surface area contributed by atoms with E-state index in [0.29, 0.717) is 12.5 Å². The van der Waals surface area contributed by atoms with Crippen LogP contribution in [0.2, 0.25) is 0 Å². The molecule has 148 valence electrons. The summed E-state index contributed by atoms with van der Waals surface area (Å²) in [4.78, 5) is 25.5. The quantitative estimate of drug-likeness (QED) is 0.795. The molecule has 2 aliphatic rings. The summed E-state index contributed by atoms with van der Waals surface area (Å²) in [6.07, 6.45) is 6.97. The Bertz CT molecular complexity index is 693. The molecule has 0 aromatic heterocycles. The number of fused-ring (bicyclic) bond motifs is 1. The first-order valence-electron chi connectivity index (χ1n) is 10.1. The van der Waals surface area contributed by atoms with E-state index in [1.54, 1.807) is 7.11 Å². The number of nitrogens with one attached hydrogen (secondary N) is 1. The summed E-state index contributed by atoms with van der Waals surface area (Å²) in [6.45, 7) is 5.85. The Kier molecular flexibility index (Phi) is 5.89. The third kappa shape index (κ3) is 3.75. The molecule has 0 heterocycles. The number of hydrogen-bond donors (Lipinski definition) is 1. The number of ether oxygens (including phenoxy) is 1. The molecule has 1 atom stereocenters. The van der Waals surface area contributed by atoms with E-state index in [9.17, 15) is 9.59 Å². The monoisotopic (exact) mass is 372 g/mol. The van der Waals surface area contributed by atoms with Crippen molar-refractivity contribution in [1.82, 2.24) is 10.2 Å². The molecule has 1 saturated carbocycles. The van der Waals surface area contributed by atoms with Crippen LogP contribution in [0.25, 0.3) is 0 Å². The van der Waals surface area contributed by atoms with Crippen LogP contribution in [0.3, 0.4) is 0 Å². The zero-order valence-corrected chi connectivity index (χ0v) is 17.0. The minimum atomic E-state index is -0.298. The Morgan fingerprint density at radius 2 is 2.07 bits per heavy atom. The van der Waals surface area contributed by atoms with Gasteiger partial charge in [0, 0.05) is 13.2 Å². The number of carbonyl (C=O) groups excluding carboxylic acids is 2. The van der Waals surface area contributed by atoms with Gasteiger partial charge in [0.25, 0.3) is 0 Å². The molecule has 1 fully saturated rings. The van der Waals surface area contributed by atoms with Crippen molar-refractivity contribution in [1.29, 1.82) is 0 Å². The number of nitrogens with zero attached hydrogens (tertiary/aromatic N) is 1. The summed E-state index contributed by atoms with van der Waals surface area (Å²) < 4.78 is 5.57. The highest BCUT2D eigenvalue weighted by molar-refractivity contribution is 5.85. The van der Waals surface area contributed by atoms with Crippen LogP contribution in [-0.2, 0) is 22.4 Å². The molecule has 0 bridgehead atoms. The third-order valence-corrected chi connectivity index (χ3v) is 6.52. The predicted octanol–water partition coefficient (Wildman–Crippen LogP) is 4.00. The first-order chi connectivity index (χ1) is 12.9. The van der Waals surface area contributed by atoms with Crippen molar-refractivity contribution < 1.29 is 14.3 Å². The van der Waals surface area contributed by atoms with Crippen LogP contribution in [0.4, 0.5) is 4.79 Å². The zero-order valence-electron chi connectivity index (χ0n) is 17.0. The lowest BCUT2D eigenvalue weighted by Gasteiger charge is -2.42. The summed E-state index contributed by atoms with van der Waals surface area (Å²) in [5.74, 6) is 0. The maximum atomic E-state index is 12.8. The highest BCUT2D eigenvalue weighted by Gasteiger charge is 2.49. The normalized spacial score (nSPS) is 26.9. The second-order valence-electron chi connectivity index (χ2n) is 8.35. The van der Waals surface area contributed by atoms with Crippen LogP contribution >= 0.6 is 0 Å². The van der Waals surface area contributed by atoms with E-state index in [4.69, 9.17) is 4.74 Å². The van der Waals surface area contributed by atoms with Crippen molar-refractivity contribution >= 4 is 12.4 Å². The van der Waals surface area contributed by atoms with E-state index in [1.807, 2.05) is 13.8 Å². The van der Waals surface area contributed by atoms with Crippen LogP contribution in [0.5, 0.6) is 0 Å². The van der Waals surface area contributed by atoms with Gasteiger partial charge in [-0.15, -0.1) is 0 Å². The van der Waals surface area contributed by atoms with Crippen LogP contribution < -0.4 is 5.32 Å². The van der Waals surface area contributed by atoms with Crippen molar-refractivity contribution in [3.05, 3.63) is 34.9 Å². The lowest BCUT2D eigenvalue weighted by molar-refractivity contribution is -0.116. The molecule has 0 saturated heterocycles. The topological polar surface area (TPSA) is 58.6 Å². The fourth-order valence-corrected chi connectivity index (χ4v) is 4.81.